The molecule has 0 radical (unpaired) electrons. The Bertz CT molecular complexity index is 992. The molecule has 0 amide bonds. The van der Waals surface area contributed by atoms with Crippen LogP contribution in [0.3, 0.4) is 0 Å². The van der Waals surface area contributed by atoms with Gasteiger partial charge in [0.15, 0.2) is 0 Å². The third-order valence-corrected chi connectivity index (χ3v) is 5.19. The van der Waals surface area contributed by atoms with Crippen LogP contribution in [0.5, 0.6) is 0 Å². The lowest BCUT2D eigenvalue weighted by atomic mass is 10.2. The van der Waals surface area contributed by atoms with Crippen molar-refractivity contribution in [1.29, 1.82) is 0 Å². The van der Waals surface area contributed by atoms with Gasteiger partial charge in [-0.05, 0) is 42.8 Å². The molecule has 24 heavy (non-hydrogen) atoms. The molecule has 2 aromatic carbocycles. The minimum absolute atomic E-state index is 0.00895. The number of nitrogens with one attached hydrogen (secondary N) is 2. The van der Waals surface area contributed by atoms with Crippen molar-refractivity contribution < 1.29 is 21.2 Å². The lowest BCUT2D eigenvalue weighted by Crippen LogP contribution is -2.15. The van der Waals surface area contributed by atoms with E-state index in [4.69, 9.17) is 11.6 Å². The van der Waals surface area contributed by atoms with Crippen LogP contribution in [-0.2, 0) is 20.0 Å². The molecule has 0 saturated carbocycles. The Morgan fingerprint density at radius 2 is 1.67 bits per heavy atom. The van der Waals surface area contributed by atoms with E-state index in [9.17, 15) is 21.2 Å². The average Bonchev–Trinajstić information content (AvgIpc) is 2.43. The van der Waals surface area contributed by atoms with E-state index in [1.807, 2.05) is 0 Å². The fourth-order valence-corrected chi connectivity index (χ4v) is 3.96. The van der Waals surface area contributed by atoms with Gasteiger partial charge in [0.05, 0.1) is 22.7 Å². The fraction of sp³-hybridized carbons (Fsp3) is 0.143. The standard InChI is InChI=1S/C14H14ClFN2O4S2/c1-9-3-5-12(16)14(7-9)24(21,22)17-10-4-6-13(11(15)8-10)18-23(2,19)20/h3-8,17-18H,1-2H3. The zero-order valence-corrected chi connectivity index (χ0v) is 15.1. The van der Waals surface area contributed by atoms with E-state index in [0.29, 0.717) is 5.56 Å². The van der Waals surface area contributed by atoms with Crippen molar-refractivity contribution >= 4 is 43.0 Å². The van der Waals surface area contributed by atoms with Crippen molar-refractivity contribution in [3.05, 3.63) is 52.8 Å². The van der Waals surface area contributed by atoms with Gasteiger partial charge in [0.2, 0.25) is 10.0 Å². The van der Waals surface area contributed by atoms with E-state index in [0.717, 1.165) is 12.3 Å². The molecular weight excluding hydrogens is 379 g/mol. The van der Waals surface area contributed by atoms with Gasteiger partial charge in [-0.3, -0.25) is 9.44 Å². The molecule has 0 aliphatic rings. The maximum absolute atomic E-state index is 13.8. The summed E-state index contributed by atoms with van der Waals surface area (Å²) in [5, 5.41) is -0.00895. The van der Waals surface area contributed by atoms with Crippen molar-refractivity contribution in [3.8, 4) is 0 Å². The van der Waals surface area contributed by atoms with Gasteiger partial charge < -0.3 is 0 Å². The predicted octanol–water partition coefficient (Wildman–Crippen LogP) is 2.96. The summed E-state index contributed by atoms with van der Waals surface area (Å²) in [4.78, 5) is -0.489. The molecule has 0 spiro atoms. The minimum atomic E-state index is -4.15. The molecule has 6 nitrogen and oxygen atoms in total. The highest BCUT2D eigenvalue weighted by Crippen LogP contribution is 2.28. The van der Waals surface area contributed by atoms with Crippen molar-refractivity contribution in [1.82, 2.24) is 0 Å². The number of hydrogen-bond donors (Lipinski definition) is 2. The van der Waals surface area contributed by atoms with Crippen LogP contribution >= 0.6 is 11.6 Å². The van der Waals surface area contributed by atoms with E-state index in [2.05, 4.69) is 9.44 Å². The number of sulfonamides is 2. The molecule has 0 aliphatic carbocycles. The molecule has 2 rings (SSSR count). The molecule has 0 bridgehead atoms. The summed E-state index contributed by atoms with van der Waals surface area (Å²) < 4.78 is 65.2. The molecule has 130 valence electrons. The summed E-state index contributed by atoms with van der Waals surface area (Å²) >= 11 is 5.93. The van der Waals surface area contributed by atoms with Gasteiger partial charge in [0, 0.05) is 0 Å². The number of halogens is 2. The lowest BCUT2D eigenvalue weighted by molar-refractivity contribution is 0.569. The molecule has 0 atom stereocenters. The van der Waals surface area contributed by atoms with Crippen LogP contribution < -0.4 is 9.44 Å². The fourth-order valence-electron chi connectivity index (χ4n) is 1.89. The normalized spacial score (nSPS) is 12.0. The topological polar surface area (TPSA) is 92.3 Å². The van der Waals surface area contributed by atoms with Gasteiger partial charge in [-0.15, -0.1) is 0 Å². The Labute approximate surface area is 144 Å². The van der Waals surface area contributed by atoms with Gasteiger partial charge in [0.1, 0.15) is 10.7 Å². The quantitative estimate of drug-likeness (QED) is 0.818. The van der Waals surface area contributed by atoms with E-state index in [1.165, 1.54) is 30.3 Å². The van der Waals surface area contributed by atoms with Crippen LogP contribution in [0.2, 0.25) is 5.02 Å². The number of hydrogen-bond acceptors (Lipinski definition) is 4. The van der Waals surface area contributed by atoms with Crippen LogP contribution in [0.15, 0.2) is 41.3 Å². The Morgan fingerprint density at radius 1 is 1.00 bits per heavy atom. The SMILES string of the molecule is Cc1ccc(F)c(S(=O)(=O)Nc2ccc(NS(C)(=O)=O)c(Cl)c2)c1. The molecule has 0 heterocycles. The van der Waals surface area contributed by atoms with E-state index < -0.39 is 30.8 Å². The van der Waals surface area contributed by atoms with Gasteiger partial charge in [-0.2, -0.15) is 0 Å². The van der Waals surface area contributed by atoms with Crippen molar-refractivity contribution in [2.24, 2.45) is 0 Å². The highest BCUT2D eigenvalue weighted by Gasteiger charge is 2.20. The van der Waals surface area contributed by atoms with Crippen LogP contribution in [0, 0.1) is 12.7 Å². The molecule has 0 unspecified atom stereocenters. The molecule has 0 saturated heterocycles. The van der Waals surface area contributed by atoms with Crippen LogP contribution in [-0.4, -0.2) is 23.1 Å². The molecule has 2 N–H and O–H groups in total. The molecule has 2 aromatic rings. The number of aryl methyl sites for hydroxylation is 1. The summed E-state index contributed by atoms with van der Waals surface area (Å²) in [5.74, 6) is -0.880. The Hall–Kier alpha value is -1.84. The van der Waals surface area contributed by atoms with Gasteiger partial charge in [0.25, 0.3) is 10.0 Å². The maximum Gasteiger partial charge on any atom is 0.264 e. The summed E-state index contributed by atoms with van der Waals surface area (Å²) in [6.45, 7) is 1.64. The summed E-state index contributed by atoms with van der Waals surface area (Å²) in [6.07, 6.45) is 0.959. The van der Waals surface area contributed by atoms with E-state index in [1.54, 1.807) is 6.92 Å². The zero-order valence-electron chi connectivity index (χ0n) is 12.7. The first-order valence-corrected chi connectivity index (χ1v) is 10.3. The Morgan fingerprint density at radius 3 is 2.25 bits per heavy atom. The van der Waals surface area contributed by atoms with Crippen molar-refractivity contribution in [2.75, 3.05) is 15.7 Å². The highest BCUT2D eigenvalue weighted by atomic mass is 35.5. The predicted molar refractivity (Wildman–Crippen MR) is 91.9 cm³/mol. The second-order valence-corrected chi connectivity index (χ2v) is 8.91. The van der Waals surface area contributed by atoms with Crippen LogP contribution in [0.1, 0.15) is 5.56 Å². The second-order valence-electron chi connectivity index (χ2n) is 5.11. The average molecular weight is 393 g/mol. The first-order chi connectivity index (χ1) is 11.0. The number of benzene rings is 2. The second kappa shape index (κ2) is 6.58. The Balaban J connectivity index is 2.34. The van der Waals surface area contributed by atoms with Gasteiger partial charge >= 0.3 is 0 Å². The van der Waals surface area contributed by atoms with Crippen LogP contribution in [0.25, 0.3) is 0 Å². The van der Waals surface area contributed by atoms with Crippen molar-refractivity contribution in [3.63, 3.8) is 0 Å². The van der Waals surface area contributed by atoms with E-state index >= 15 is 0 Å². The highest BCUT2D eigenvalue weighted by molar-refractivity contribution is 7.92. The number of rotatable bonds is 5. The molecule has 10 heteroatoms. The summed E-state index contributed by atoms with van der Waals surface area (Å²) in [5.41, 5.74) is 0.756. The lowest BCUT2D eigenvalue weighted by Gasteiger charge is -2.12. The van der Waals surface area contributed by atoms with E-state index in [-0.39, 0.29) is 16.4 Å². The molecule has 0 aromatic heterocycles. The smallest absolute Gasteiger partial charge is 0.264 e. The largest absolute Gasteiger partial charge is 0.282 e. The zero-order chi connectivity index (χ0) is 18.1. The van der Waals surface area contributed by atoms with Gasteiger partial charge in [-0.25, -0.2) is 21.2 Å². The number of anilines is 2. The first-order valence-electron chi connectivity index (χ1n) is 6.54. The monoisotopic (exact) mass is 392 g/mol. The minimum Gasteiger partial charge on any atom is -0.282 e. The van der Waals surface area contributed by atoms with Crippen LogP contribution in [0.4, 0.5) is 15.8 Å². The Kier molecular flexibility index (Phi) is 5.07. The third-order valence-electron chi connectivity index (χ3n) is 2.89. The molecule has 0 fully saturated rings. The molecular formula is C14H14ClFN2O4S2. The third kappa shape index (κ3) is 4.59. The van der Waals surface area contributed by atoms with Gasteiger partial charge in [-0.1, -0.05) is 17.7 Å². The maximum atomic E-state index is 13.8. The summed E-state index contributed by atoms with van der Waals surface area (Å²) in [7, 11) is -7.68. The first kappa shape index (κ1) is 18.5. The van der Waals surface area contributed by atoms with Crippen molar-refractivity contribution in [2.45, 2.75) is 11.8 Å². The molecule has 0 aliphatic heterocycles. The summed E-state index contributed by atoms with van der Waals surface area (Å²) in [6, 6.07) is 7.56.